The first-order valence-electron chi connectivity index (χ1n) is 8.56. The number of carbonyl (C=O) groups is 1. The molecule has 1 saturated heterocycles. The molecular weight excluding hydrogens is 318 g/mol. The Morgan fingerprint density at radius 1 is 1.08 bits per heavy atom. The summed E-state index contributed by atoms with van der Waals surface area (Å²) < 4.78 is 16.5. The Balaban J connectivity index is 1.37. The molecule has 1 amide bonds. The van der Waals surface area contributed by atoms with Gasteiger partial charge in [-0.3, -0.25) is 4.79 Å². The van der Waals surface area contributed by atoms with Crippen LogP contribution in [0.15, 0.2) is 54.6 Å². The van der Waals surface area contributed by atoms with Gasteiger partial charge in [-0.2, -0.15) is 0 Å². The maximum absolute atomic E-state index is 12.0. The molecule has 1 fully saturated rings. The fraction of sp³-hybridized carbons (Fsp3) is 0.350. The number of nitrogens with one attached hydrogen (secondary N) is 1. The van der Waals surface area contributed by atoms with Crippen LogP contribution in [0.25, 0.3) is 0 Å². The molecule has 1 heterocycles. The van der Waals surface area contributed by atoms with Crippen LogP contribution in [0.3, 0.4) is 0 Å². The molecule has 0 bridgehead atoms. The van der Waals surface area contributed by atoms with E-state index < -0.39 is 0 Å². The normalized spacial score (nSPS) is 14.6. The van der Waals surface area contributed by atoms with E-state index >= 15 is 0 Å². The number of ether oxygens (including phenoxy) is 3. The zero-order chi connectivity index (χ0) is 17.3. The van der Waals surface area contributed by atoms with Crippen molar-refractivity contribution in [2.24, 2.45) is 0 Å². The molecule has 5 nitrogen and oxygen atoms in total. The van der Waals surface area contributed by atoms with Crippen molar-refractivity contribution in [3.63, 3.8) is 0 Å². The van der Waals surface area contributed by atoms with Gasteiger partial charge in [0.05, 0.1) is 19.8 Å². The number of amides is 1. The average molecular weight is 341 g/mol. The predicted octanol–water partition coefficient (Wildman–Crippen LogP) is 3.67. The van der Waals surface area contributed by atoms with E-state index in [4.69, 9.17) is 14.2 Å². The fourth-order valence-electron chi connectivity index (χ4n) is 2.64. The van der Waals surface area contributed by atoms with E-state index in [0.29, 0.717) is 39.3 Å². The Bertz CT molecular complexity index is 668. The van der Waals surface area contributed by atoms with Crippen LogP contribution in [0.2, 0.25) is 0 Å². The second kappa shape index (κ2) is 9.32. The van der Waals surface area contributed by atoms with Gasteiger partial charge in [0, 0.05) is 24.3 Å². The Morgan fingerprint density at radius 2 is 1.88 bits per heavy atom. The average Bonchev–Trinajstić information content (AvgIpc) is 3.17. The van der Waals surface area contributed by atoms with Gasteiger partial charge in [-0.1, -0.05) is 42.5 Å². The highest BCUT2D eigenvalue weighted by Crippen LogP contribution is 2.25. The number of hydrogen-bond acceptors (Lipinski definition) is 4. The van der Waals surface area contributed by atoms with Crippen LogP contribution in [0, 0.1) is 0 Å². The summed E-state index contributed by atoms with van der Waals surface area (Å²) in [6, 6.07) is 17.6. The molecular formula is C20H23NO4. The van der Waals surface area contributed by atoms with E-state index in [9.17, 15) is 4.79 Å². The van der Waals surface area contributed by atoms with Gasteiger partial charge in [0.25, 0.3) is 0 Å². The minimum absolute atomic E-state index is 0.0197. The number of carbonyl (C=O) groups excluding carboxylic acids is 1. The van der Waals surface area contributed by atoms with E-state index in [1.807, 2.05) is 54.6 Å². The molecule has 1 aliphatic rings. The highest BCUT2D eigenvalue weighted by molar-refractivity contribution is 5.90. The molecule has 132 valence electrons. The summed E-state index contributed by atoms with van der Waals surface area (Å²) >= 11 is 0. The van der Waals surface area contributed by atoms with Crippen molar-refractivity contribution >= 4 is 11.6 Å². The smallest absolute Gasteiger partial charge is 0.224 e. The third kappa shape index (κ3) is 5.67. The lowest BCUT2D eigenvalue weighted by Gasteiger charge is -2.11. The predicted molar refractivity (Wildman–Crippen MR) is 95.0 cm³/mol. The second-order valence-corrected chi connectivity index (χ2v) is 5.89. The molecule has 25 heavy (non-hydrogen) atoms. The minimum atomic E-state index is -0.330. The molecule has 0 unspecified atom stereocenters. The molecule has 0 aliphatic carbocycles. The molecule has 0 saturated carbocycles. The third-order valence-corrected chi connectivity index (χ3v) is 3.87. The van der Waals surface area contributed by atoms with Crippen molar-refractivity contribution in [2.45, 2.75) is 25.7 Å². The van der Waals surface area contributed by atoms with Gasteiger partial charge in [0.1, 0.15) is 0 Å². The molecule has 1 aliphatic heterocycles. The van der Waals surface area contributed by atoms with Crippen LogP contribution in [0.1, 0.15) is 30.3 Å². The molecule has 2 aromatic carbocycles. The maximum atomic E-state index is 12.0. The summed E-state index contributed by atoms with van der Waals surface area (Å²) in [6.45, 7) is 2.34. The summed E-state index contributed by atoms with van der Waals surface area (Å²) in [5, 5.41) is 2.91. The lowest BCUT2D eigenvalue weighted by atomic mass is 10.2. The van der Waals surface area contributed by atoms with Crippen LogP contribution in [-0.2, 0) is 25.6 Å². The van der Waals surface area contributed by atoms with Crippen LogP contribution < -0.4 is 5.32 Å². The standard InChI is InChI=1S/C20H23NO4/c22-19(10-5-11-23-15-16-6-2-1-3-7-16)21-18-9-4-8-17(14-18)20-24-12-13-25-20/h1-4,6-9,14,20H,5,10-13,15H2,(H,21,22). The van der Waals surface area contributed by atoms with Gasteiger partial charge in [0.15, 0.2) is 6.29 Å². The van der Waals surface area contributed by atoms with E-state index in [2.05, 4.69) is 5.32 Å². The summed E-state index contributed by atoms with van der Waals surface area (Å²) in [5.41, 5.74) is 2.81. The summed E-state index contributed by atoms with van der Waals surface area (Å²) in [4.78, 5) is 12.0. The molecule has 0 aromatic heterocycles. The highest BCUT2D eigenvalue weighted by Gasteiger charge is 2.18. The number of rotatable bonds is 8. The summed E-state index contributed by atoms with van der Waals surface area (Å²) in [7, 11) is 0. The molecule has 3 rings (SSSR count). The van der Waals surface area contributed by atoms with Crippen molar-refractivity contribution < 1.29 is 19.0 Å². The van der Waals surface area contributed by atoms with Gasteiger partial charge < -0.3 is 19.5 Å². The van der Waals surface area contributed by atoms with Gasteiger partial charge in [0.2, 0.25) is 5.91 Å². The first-order valence-corrected chi connectivity index (χ1v) is 8.56. The van der Waals surface area contributed by atoms with Crippen molar-refractivity contribution in [3.8, 4) is 0 Å². The van der Waals surface area contributed by atoms with E-state index in [-0.39, 0.29) is 12.2 Å². The highest BCUT2D eigenvalue weighted by atomic mass is 16.7. The Morgan fingerprint density at radius 3 is 2.68 bits per heavy atom. The quantitative estimate of drug-likeness (QED) is 0.745. The minimum Gasteiger partial charge on any atom is -0.377 e. The first kappa shape index (κ1) is 17.6. The largest absolute Gasteiger partial charge is 0.377 e. The summed E-state index contributed by atoms with van der Waals surface area (Å²) in [6.07, 6.45) is 0.783. The van der Waals surface area contributed by atoms with Crippen LogP contribution in [-0.4, -0.2) is 25.7 Å². The van der Waals surface area contributed by atoms with Crippen molar-refractivity contribution in [1.82, 2.24) is 0 Å². The van der Waals surface area contributed by atoms with E-state index in [0.717, 1.165) is 16.8 Å². The van der Waals surface area contributed by atoms with Crippen LogP contribution >= 0.6 is 0 Å². The Labute approximate surface area is 147 Å². The van der Waals surface area contributed by atoms with Crippen molar-refractivity contribution in [1.29, 1.82) is 0 Å². The monoisotopic (exact) mass is 341 g/mol. The summed E-state index contributed by atoms with van der Waals surface area (Å²) in [5.74, 6) is -0.0197. The number of benzene rings is 2. The molecule has 0 spiro atoms. The van der Waals surface area contributed by atoms with Crippen LogP contribution in [0.4, 0.5) is 5.69 Å². The van der Waals surface area contributed by atoms with Gasteiger partial charge in [-0.05, 0) is 24.1 Å². The van der Waals surface area contributed by atoms with E-state index in [1.54, 1.807) is 0 Å². The van der Waals surface area contributed by atoms with Gasteiger partial charge in [-0.25, -0.2) is 0 Å². The van der Waals surface area contributed by atoms with E-state index in [1.165, 1.54) is 0 Å². The van der Waals surface area contributed by atoms with Gasteiger partial charge in [-0.15, -0.1) is 0 Å². The van der Waals surface area contributed by atoms with Crippen LogP contribution in [0.5, 0.6) is 0 Å². The second-order valence-electron chi connectivity index (χ2n) is 5.89. The number of anilines is 1. The van der Waals surface area contributed by atoms with Crippen molar-refractivity contribution in [3.05, 3.63) is 65.7 Å². The lowest BCUT2D eigenvalue weighted by molar-refractivity contribution is -0.116. The zero-order valence-corrected chi connectivity index (χ0v) is 14.1. The number of hydrogen-bond donors (Lipinski definition) is 1. The van der Waals surface area contributed by atoms with Crippen molar-refractivity contribution in [2.75, 3.05) is 25.1 Å². The zero-order valence-electron chi connectivity index (χ0n) is 14.1. The molecule has 0 radical (unpaired) electrons. The lowest BCUT2D eigenvalue weighted by Crippen LogP contribution is -2.12. The maximum Gasteiger partial charge on any atom is 0.224 e. The first-order chi connectivity index (χ1) is 12.3. The fourth-order valence-corrected chi connectivity index (χ4v) is 2.64. The molecule has 0 atom stereocenters. The topological polar surface area (TPSA) is 56.8 Å². The Kier molecular flexibility index (Phi) is 6.56. The Hall–Kier alpha value is -2.21. The third-order valence-electron chi connectivity index (χ3n) is 3.87. The van der Waals surface area contributed by atoms with Gasteiger partial charge >= 0.3 is 0 Å². The molecule has 5 heteroatoms. The molecule has 2 aromatic rings. The SMILES string of the molecule is O=C(CCCOCc1ccccc1)Nc1cccc(C2OCCO2)c1. The molecule has 1 N–H and O–H groups in total.